The number of nitrogens with zero attached hydrogens (tertiary/aromatic N) is 2. The summed E-state index contributed by atoms with van der Waals surface area (Å²) in [7, 11) is 0. The molecule has 1 aromatic rings. The van der Waals surface area contributed by atoms with Gasteiger partial charge in [-0.1, -0.05) is 13.8 Å². The first kappa shape index (κ1) is 14.7. The van der Waals surface area contributed by atoms with Gasteiger partial charge in [0.15, 0.2) is 0 Å². The Hall–Kier alpha value is -1.36. The van der Waals surface area contributed by atoms with Crippen molar-refractivity contribution in [1.82, 2.24) is 15.1 Å². The van der Waals surface area contributed by atoms with E-state index >= 15 is 0 Å². The fraction of sp³-hybridized carbons (Fsp3) is 0.692. The summed E-state index contributed by atoms with van der Waals surface area (Å²) in [5.74, 6) is -0.171. The minimum atomic E-state index is -0.534. The average Bonchev–Trinajstić information content (AvgIpc) is 2.77. The zero-order valence-electron chi connectivity index (χ0n) is 11.7. The van der Waals surface area contributed by atoms with Crippen LogP contribution in [0.15, 0.2) is 6.07 Å². The Labute approximate surface area is 108 Å². The molecule has 0 bridgehead atoms. The molecule has 0 unspecified atom stereocenters. The van der Waals surface area contributed by atoms with E-state index in [1.165, 1.54) is 0 Å². The smallest absolute Gasteiger partial charge is 0.270 e. The second-order valence-electron chi connectivity index (χ2n) is 4.59. The summed E-state index contributed by atoms with van der Waals surface area (Å²) in [6.07, 6.45) is 1.40. The highest BCUT2D eigenvalue weighted by molar-refractivity contribution is 5.93. The molecule has 0 radical (unpaired) electrons. The number of carbonyl (C=O) groups is 1. The molecule has 0 aliphatic heterocycles. The first-order valence-electron chi connectivity index (χ1n) is 6.49. The van der Waals surface area contributed by atoms with Gasteiger partial charge in [-0.2, -0.15) is 5.10 Å². The second kappa shape index (κ2) is 6.00. The zero-order valence-corrected chi connectivity index (χ0v) is 11.7. The van der Waals surface area contributed by atoms with Gasteiger partial charge in [0.05, 0.1) is 17.8 Å². The lowest BCUT2D eigenvalue weighted by Crippen LogP contribution is -2.50. The fourth-order valence-electron chi connectivity index (χ4n) is 1.96. The first-order valence-corrected chi connectivity index (χ1v) is 6.49. The zero-order chi connectivity index (χ0) is 13.8. The topological polar surface area (TPSA) is 67.2 Å². The van der Waals surface area contributed by atoms with Crippen LogP contribution in [0.2, 0.25) is 0 Å². The lowest BCUT2D eigenvalue weighted by atomic mass is 9.93. The number of nitrogens with one attached hydrogen (secondary N) is 1. The molecule has 1 heterocycles. The number of aromatic nitrogens is 2. The quantitative estimate of drug-likeness (QED) is 0.807. The summed E-state index contributed by atoms with van der Waals surface area (Å²) in [6, 6.07) is 1.77. The highest BCUT2D eigenvalue weighted by atomic mass is 16.3. The Morgan fingerprint density at radius 1 is 1.44 bits per heavy atom. The number of aliphatic hydroxyl groups excluding tert-OH is 1. The third kappa shape index (κ3) is 2.90. The van der Waals surface area contributed by atoms with Crippen LogP contribution in [0.1, 0.15) is 49.8 Å². The highest BCUT2D eigenvalue weighted by Gasteiger charge is 2.28. The number of hydrogen-bond acceptors (Lipinski definition) is 3. The lowest BCUT2D eigenvalue weighted by molar-refractivity contribution is 0.0807. The third-order valence-corrected chi connectivity index (χ3v) is 3.47. The summed E-state index contributed by atoms with van der Waals surface area (Å²) in [6.45, 7) is 8.33. The maximum atomic E-state index is 12.2. The van der Waals surface area contributed by atoms with Crippen LogP contribution < -0.4 is 5.32 Å². The molecule has 102 valence electrons. The fourth-order valence-corrected chi connectivity index (χ4v) is 1.96. The minimum Gasteiger partial charge on any atom is -0.394 e. The Morgan fingerprint density at radius 2 is 2.06 bits per heavy atom. The summed E-state index contributed by atoms with van der Waals surface area (Å²) in [5, 5.41) is 16.7. The van der Waals surface area contributed by atoms with E-state index in [-0.39, 0.29) is 12.5 Å². The van der Waals surface area contributed by atoms with Crippen LogP contribution in [0.5, 0.6) is 0 Å². The molecule has 5 heteroatoms. The van der Waals surface area contributed by atoms with Crippen molar-refractivity contribution in [1.29, 1.82) is 0 Å². The number of aliphatic hydroxyl groups is 1. The van der Waals surface area contributed by atoms with E-state index in [2.05, 4.69) is 10.4 Å². The van der Waals surface area contributed by atoms with Gasteiger partial charge >= 0.3 is 0 Å². The van der Waals surface area contributed by atoms with Crippen LogP contribution in [0.25, 0.3) is 0 Å². The molecule has 1 amide bonds. The molecule has 18 heavy (non-hydrogen) atoms. The lowest BCUT2D eigenvalue weighted by Gasteiger charge is -2.30. The molecule has 1 aromatic heterocycles. The molecule has 1 rings (SSSR count). The van der Waals surface area contributed by atoms with Crippen LogP contribution in [-0.4, -0.2) is 32.9 Å². The van der Waals surface area contributed by atoms with Crippen molar-refractivity contribution >= 4 is 5.91 Å². The van der Waals surface area contributed by atoms with Gasteiger partial charge in [-0.3, -0.25) is 9.48 Å². The van der Waals surface area contributed by atoms with E-state index in [1.54, 1.807) is 10.7 Å². The third-order valence-electron chi connectivity index (χ3n) is 3.47. The van der Waals surface area contributed by atoms with Crippen molar-refractivity contribution in [3.8, 4) is 0 Å². The molecule has 0 saturated heterocycles. The number of hydrogen-bond donors (Lipinski definition) is 2. The minimum absolute atomic E-state index is 0.0506. The second-order valence-corrected chi connectivity index (χ2v) is 4.59. The van der Waals surface area contributed by atoms with E-state index < -0.39 is 5.54 Å². The molecule has 0 aliphatic rings. The predicted octanol–water partition coefficient (Wildman–Crippen LogP) is 1.49. The maximum absolute atomic E-state index is 12.2. The van der Waals surface area contributed by atoms with Crippen molar-refractivity contribution in [3.63, 3.8) is 0 Å². The SMILES string of the molecule is CCn1nc(C)cc1C(=O)NC(CC)(CC)CO. The van der Waals surface area contributed by atoms with Crippen LogP contribution in [-0.2, 0) is 6.54 Å². The van der Waals surface area contributed by atoms with Crippen molar-refractivity contribution < 1.29 is 9.90 Å². The largest absolute Gasteiger partial charge is 0.394 e. The standard InChI is InChI=1S/C13H23N3O2/c1-5-13(6-2,9-17)14-12(18)11-8-10(4)15-16(11)7-3/h8,17H,5-7,9H2,1-4H3,(H,14,18). The van der Waals surface area contributed by atoms with Crippen molar-refractivity contribution in [2.45, 2.75) is 52.6 Å². The highest BCUT2D eigenvalue weighted by Crippen LogP contribution is 2.15. The summed E-state index contributed by atoms with van der Waals surface area (Å²) >= 11 is 0. The number of rotatable bonds is 6. The van der Waals surface area contributed by atoms with Crippen LogP contribution >= 0.6 is 0 Å². The molecule has 0 aromatic carbocycles. The van der Waals surface area contributed by atoms with Crippen molar-refractivity contribution in [2.75, 3.05) is 6.61 Å². The Balaban J connectivity index is 2.93. The summed E-state index contributed by atoms with van der Waals surface area (Å²) < 4.78 is 1.68. The molecule has 0 fully saturated rings. The van der Waals surface area contributed by atoms with Gasteiger partial charge in [-0.25, -0.2) is 0 Å². The molecular formula is C13H23N3O2. The monoisotopic (exact) mass is 253 g/mol. The molecule has 0 spiro atoms. The molecular weight excluding hydrogens is 230 g/mol. The Kier molecular flexibility index (Phi) is 4.90. The van der Waals surface area contributed by atoms with Gasteiger partial charge in [-0.05, 0) is 32.8 Å². The molecule has 0 saturated carbocycles. The maximum Gasteiger partial charge on any atom is 0.270 e. The van der Waals surface area contributed by atoms with Gasteiger partial charge in [0, 0.05) is 6.54 Å². The van der Waals surface area contributed by atoms with Gasteiger partial charge in [0.2, 0.25) is 0 Å². The van der Waals surface area contributed by atoms with Gasteiger partial charge < -0.3 is 10.4 Å². The van der Waals surface area contributed by atoms with Crippen LogP contribution in [0.4, 0.5) is 0 Å². The van der Waals surface area contributed by atoms with E-state index in [0.29, 0.717) is 25.1 Å². The van der Waals surface area contributed by atoms with E-state index in [0.717, 1.165) is 5.69 Å². The summed E-state index contributed by atoms with van der Waals surface area (Å²) in [5.41, 5.74) is 0.840. The normalized spacial score (nSPS) is 11.6. The molecule has 5 nitrogen and oxygen atoms in total. The van der Waals surface area contributed by atoms with Gasteiger partial charge in [0.1, 0.15) is 5.69 Å². The summed E-state index contributed by atoms with van der Waals surface area (Å²) in [4.78, 5) is 12.2. The number of amides is 1. The Bertz CT molecular complexity index is 400. The molecule has 0 atom stereocenters. The van der Waals surface area contributed by atoms with Gasteiger partial charge in [-0.15, -0.1) is 0 Å². The Morgan fingerprint density at radius 3 is 2.50 bits per heavy atom. The first-order chi connectivity index (χ1) is 8.51. The van der Waals surface area contributed by atoms with E-state index in [9.17, 15) is 9.90 Å². The molecule has 0 aliphatic carbocycles. The number of aryl methyl sites for hydroxylation is 2. The van der Waals surface area contributed by atoms with Crippen LogP contribution in [0, 0.1) is 6.92 Å². The average molecular weight is 253 g/mol. The molecule has 2 N–H and O–H groups in total. The van der Waals surface area contributed by atoms with Crippen LogP contribution in [0.3, 0.4) is 0 Å². The number of carbonyl (C=O) groups excluding carboxylic acids is 1. The van der Waals surface area contributed by atoms with Gasteiger partial charge in [0.25, 0.3) is 5.91 Å². The predicted molar refractivity (Wildman–Crippen MR) is 70.5 cm³/mol. The van der Waals surface area contributed by atoms with Crippen molar-refractivity contribution in [2.24, 2.45) is 0 Å². The van der Waals surface area contributed by atoms with E-state index in [1.807, 2.05) is 27.7 Å². The van der Waals surface area contributed by atoms with Crippen molar-refractivity contribution in [3.05, 3.63) is 17.5 Å². The van der Waals surface area contributed by atoms with E-state index in [4.69, 9.17) is 0 Å².